The van der Waals surface area contributed by atoms with Crippen LogP contribution < -0.4 is 0 Å². The van der Waals surface area contributed by atoms with E-state index in [0.29, 0.717) is 5.56 Å². The summed E-state index contributed by atoms with van der Waals surface area (Å²) >= 11 is 0. The van der Waals surface area contributed by atoms with E-state index in [1.165, 1.54) is 11.6 Å². The van der Waals surface area contributed by atoms with Gasteiger partial charge in [0.2, 0.25) is 5.92 Å². The molecule has 0 saturated heterocycles. The Morgan fingerprint density at radius 1 is 1.43 bits per heavy atom. The molecule has 0 unspecified atom stereocenters. The predicted molar refractivity (Wildman–Crippen MR) is 70.6 cm³/mol. The lowest BCUT2D eigenvalue weighted by Gasteiger charge is -2.34. The average molecular weight is 300 g/mol. The summed E-state index contributed by atoms with van der Waals surface area (Å²) < 4.78 is 32.1. The minimum atomic E-state index is -2.62. The van der Waals surface area contributed by atoms with Crippen molar-refractivity contribution < 1.29 is 23.1 Å². The van der Waals surface area contributed by atoms with Gasteiger partial charge in [-0.3, -0.25) is 9.48 Å². The van der Waals surface area contributed by atoms with E-state index in [1.54, 1.807) is 13.8 Å². The van der Waals surface area contributed by atoms with Crippen LogP contribution in [0.5, 0.6) is 0 Å². The Morgan fingerprint density at radius 2 is 2.05 bits per heavy atom. The second kappa shape index (κ2) is 5.54. The van der Waals surface area contributed by atoms with E-state index in [1.807, 2.05) is 0 Å². The Bertz CT molecular complexity index is 573. The zero-order valence-electron chi connectivity index (χ0n) is 12.3. The maximum absolute atomic E-state index is 12.9. The van der Waals surface area contributed by atoms with Crippen LogP contribution in [0.1, 0.15) is 53.2 Å². The average Bonchev–Trinajstić information content (AvgIpc) is 2.64. The first kappa shape index (κ1) is 15.6. The molecular weight excluding hydrogens is 282 g/mol. The number of Topliss-reactive ketones (excluding diaryl/α,β-unsaturated/α-hetero) is 1. The number of carbonyl (C=O) groups is 2. The molecule has 0 N–H and O–H groups in total. The Balaban J connectivity index is 2.28. The zero-order chi connectivity index (χ0) is 15.8. The Morgan fingerprint density at radius 3 is 2.52 bits per heavy atom. The molecule has 0 atom stereocenters. The molecule has 116 valence electrons. The minimum absolute atomic E-state index is 0.178. The first-order valence-corrected chi connectivity index (χ1v) is 6.88. The lowest BCUT2D eigenvalue weighted by atomic mass is 9.81. The molecule has 5 nitrogen and oxygen atoms in total. The fourth-order valence-corrected chi connectivity index (χ4v) is 2.63. The number of carbonyl (C=O) groups excluding carboxylic acids is 2. The molecule has 1 heterocycles. The van der Waals surface area contributed by atoms with Crippen molar-refractivity contribution in [1.29, 1.82) is 0 Å². The lowest BCUT2D eigenvalue weighted by Crippen LogP contribution is -2.38. The first-order chi connectivity index (χ1) is 9.75. The van der Waals surface area contributed by atoms with Crippen molar-refractivity contribution >= 4 is 11.8 Å². The number of halogens is 2. The summed E-state index contributed by atoms with van der Waals surface area (Å²) in [6.45, 7) is 5.03. The van der Waals surface area contributed by atoms with Crippen molar-refractivity contribution in [3.63, 3.8) is 0 Å². The third-order valence-corrected chi connectivity index (χ3v) is 3.60. The molecule has 0 aliphatic heterocycles. The van der Waals surface area contributed by atoms with Crippen LogP contribution in [0.3, 0.4) is 0 Å². The van der Waals surface area contributed by atoms with E-state index in [4.69, 9.17) is 4.74 Å². The number of nitrogens with zero attached hydrogens (tertiary/aromatic N) is 2. The van der Waals surface area contributed by atoms with Crippen LogP contribution in [0.25, 0.3) is 0 Å². The number of hydrogen-bond donors (Lipinski definition) is 0. The predicted octanol–water partition coefficient (Wildman–Crippen LogP) is 2.62. The SMILES string of the molecule is CCOC(=O)c1c(C)c(C(C)=O)nn1CC1CC(F)(F)C1. The Hall–Kier alpha value is -1.79. The number of rotatable bonds is 5. The molecule has 7 heteroatoms. The van der Waals surface area contributed by atoms with E-state index in [9.17, 15) is 18.4 Å². The van der Waals surface area contributed by atoms with Gasteiger partial charge in [0.1, 0.15) is 11.4 Å². The molecule has 2 rings (SSSR count). The molecule has 0 aromatic carbocycles. The molecule has 1 aliphatic rings. The number of alkyl halides is 2. The highest BCUT2D eigenvalue weighted by atomic mass is 19.3. The quantitative estimate of drug-likeness (QED) is 0.619. The van der Waals surface area contributed by atoms with Gasteiger partial charge in [0.25, 0.3) is 0 Å². The van der Waals surface area contributed by atoms with Gasteiger partial charge in [-0.05, 0) is 19.8 Å². The van der Waals surface area contributed by atoms with Crippen molar-refractivity contribution in [2.45, 2.75) is 46.1 Å². The summed E-state index contributed by atoms with van der Waals surface area (Å²) in [6.07, 6.45) is -0.437. The van der Waals surface area contributed by atoms with E-state index in [0.717, 1.165) is 0 Å². The van der Waals surface area contributed by atoms with Crippen LogP contribution >= 0.6 is 0 Å². The standard InChI is InChI=1S/C14H18F2N2O3/c1-4-21-13(20)12-8(2)11(9(3)19)17-18(12)7-10-5-14(15,16)6-10/h10H,4-7H2,1-3H3. The molecular formula is C14H18F2N2O3. The summed E-state index contributed by atoms with van der Waals surface area (Å²) in [5.74, 6) is -3.72. The highest BCUT2D eigenvalue weighted by molar-refractivity contribution is 5.98. The Labute approximate surface area is 121 Å². The monoisotopic (exact) mass is 300 g/mol. The summed E-state index contributed by atoms with van der Waals surface area (Å²) in [4.78, 5) is 23.5. The fraction of sp³-hybridized carbons (Fsp3) is 0.643. The van der Waals surface area contributed by atoms with Crippen LogP contribution in [0.2, 0.25) is 0 Å². The van der Waals surface area contributed by atoms with Gasteiger partial charge in [-0.15, -0.1) is 0 Å². The molecule has 0 radical (unpaired) electrons. The van der Waals surface area contributed by atoms with Crippen molar-refractivity contribution in [3.05, 3.63) is 17.0 Å². The summed E-state index contributed by atoms with van der Waals surface area (Å²) in [5, 5.41) is 4.10. The molecule has 0 spiro atoms. The van der Waals surface area contributed by atoms with Gasteiger partial charge in [0, 0.05) is 31.9 Å². The van der Waals surface area contributed by atoms with Crippen LogP contribution in [-0.2, 0) is 11.3 Å². The topological polar surface area (TPSA) is 61.2 Å². The van der Waals surface area contributed by atoms with Gasteiger partial charge in [0.15, 0.2) is 5.78 Å². The van der Waals surface area contributed by atoms with Crippen LogP contribution in [-0.4, -0.2) is 34.1 Å². The van der Waals surface area contributed by atoms with E-state index < -0.39 is 11.9 Å². The maximum Gasteiger partial charge on any atom is 0.356 e. The molecule has 1 fully saturated rings. The van der Waals surface area contributed by atoms with Crippen molar-refractivity contribution in [2.75, 3.05) is 6.61 Å². The van der Waals surface area contributed by atoms with E-state index in [-0.39, 0.29) is 49.1 Å². The van der Waals surface area contributed by atoms with Gasteiger partial charge >= 0.3 is 5.97 Å². The largest absolute Gasteiger partial charge is 0.461 e. The second-order valence-corrected chi connectivity index (χ2v) is 5.41. The molecule has 1 saturated carbocycles. The zero-order valence-corrected chi connectivity index (χ0v) is 12.3. The molecule has 1 aromatic heterocycles. The van der Waals surface area contributed by atoms with E-state index >= 15 is 0 Å². The van der Waals surface area contributed by atoms with Crippen molar-refractivity contribution in [2.24, 2.45) is 5.92 Å². The summed E-state index contributed by atoms with van der Waals surface area (Å²) in [7, 11) is 0. The second-order valence-electron chi connectivity index (χ2n) is 5.41. The number of ether oxygens (including phenoxy) is 1. The van der Waals surface area contributed by atoms with Crippen LogP contribution in [0.15, 0.2) is 0 Å². The first-order valence-electron chi connectivity index (χ1n) is 6.88. The van der Waals surface area contributed by atoms with Gasteiger partial charge < -0.3 is 4.74 Å². The van der Waals surface area contributed by atoms with Gasteiger partial charge in [-0.1, -0.05) is 0 Å². The molecule has 1 aliphatic carbocycles. The van der Waals surface area contributed by atoms with Crippen LogP contribution in [0.4, 0.5) is 8.78 Å². The summed E-state index contributed by atoms with van der Waals surface area (Å²) in [6, 6.07) is 0. The van der Waals surface area contributed by atoms with Crippen molar-refractivity contribution in [3.8, 4) is 0 Å². The van der Waals surface area contributed by atoms with E-state index in [2.05, 4.69) is 5.10 Å². The van der Waals surface area contributed by atoms with Gasteiger partial charge in [-0.2, -0.15) is 5.10 Å². The highest BCUT2D eigenvalue weighted by Gasteiger charge is 2.45. The maximum atomic E-state index is 12.9. The number of hydrogen-bond acceptors (Lipinski definition) is 4. The molecule has 0 bridgehead atoms. The minimum Gasteiger partial charge on any atom is -0.461 e. The Kier molecular flexibility index (Phi) is 4.11. The van der Waals surface area contributed by atoms with Gasteiger partial charge in [0.05, 0.1) is 6.61 Å². The normalized spacial score (nSPS) is 17.4. The smallest absolute Gasteiger partial charge is 0.356 e. The number of ketones is 1. The lowest BCUT2D eigenvalue weighted by molar-refractivity contribution is -0.114. The van der Waals surface area contributed by atoms with Gasteiger partial charge in [-0.25, -0.2) is 13.6 Å². The molecule has 0 amide bonds. The summed E-state index contributed by atoms with van der Waals surface area (Å²) in [5.41, 5.74) is 0.799. The number of esters is 1. The highest BCUT2D eigenvalue weighted by Crippen LogP contribution is 2.43. The third-order valence-electron chi connectivity index (χ3n) is 3.60. The third kappa shape index (κ3) is 3.11. The molecule has 1 aromatic rings. The molecule has 21 heavy (non-hydrogen) atoms. The van der Waals surface area contributed by atoms with Crippen LogP contribution in [0, 0.1) is 12.8 Å². The fourth-order valence-electron chi connectivity index (χ4n) is 2.63. The number of aromatic nitrogens is 2. The van der Waals surface area contributed by atoms with Crippen molar-refractivity contribution in [1.82, 2.24) is 9.78 Å².